The molecule has 3 aromatic rings. The smallest absolute Gasteiger partial charge is 0.0205 e. The van der Waals surface area contributed by atoms with Gasteiger partial charge in [0.15, 0.2) is 0 Å². The molecule has 0 radical (unpaired) electrons. The number of hydrogen-bond acceptors (Lipinski definition) is 6. The Labute approximate surface area is 293 Å². The lowest BCUT2D eigenvalue weighted by molar-refractivity contribution is 0.525. The average Bonchev–Trinajstić information content (AvgIpc) is 3.06. The van der Waals surface area contributed by atoms with Gasteiger partial charge in [-0.3, -0.25) is 0 Å². The van der Waals surface area contributed by atoms with E-state index in [1.165, 1.54) is 46.2 Å². The van der Waals surface area contributed by atoms with Crippen molar-refractivity contribution >= 4 is 12.4 Å². The second-order valence-corrected chi connectivity index (χ2v) is 13.4. The van der Waals surface area contributed by atoms with Crippen molar-refractivity contribution in [3.63, 3.8) is 0 Å². The van der Waals surface area contributed by atoms with Crippen LogP contribution in [0.3, 0.4) is 0 Å². The molecule has 6 nitrogen and oxygen atoms in total. The largest absolute Gasteiger partial charge is 0.317 e. The van der Waals surface area contributed by atoms with E-state index in [9.17, 15) is 0 Å². The van der Waals surface area contributed by atoms with Gasteiger partial charge in [-0.2, -0.15) is 0 Å². The van der Waals surface area contributed by atoms with Crippen LogP contribution in [0.4, 0.5) is 0 Å². The summed E-state index contributed by atoms with van der Waals surface area (Å²) >= 11 is 0. The maximum atomic E-state index is 3.59. The Hall–Kier alpha value is -2.29. The second kappa shape index (κ2) is 25.7. The van der Waals surface area contributed by atoms with E-state index >= 15 is 0 Å². The molecule has 6 N–H and O–H groups in total. The molecule has 0 fully saturated rings. The van der Waals surface area contributed by atoms with Gasteiger partial charge in [0.25, 0.3) is 0 Å². The maximum absolute atomic E-state index is 3.59. The van der Waals surface area contributed by atoms with Gasteiger partial charge in [-0.1, -0.05) is 94.4 Å². The number of rotatable bonds is 26. The van der Waals surface area contributed by atoms with Crippen LogP contribution in [-0.4, -0.2) is 65.4 Å². The van der Waals surface area contributed by atoms with Gasteiger partial charge in [-0.25, -0.2) is 0 Å². The molecule has 0 heterocycles. The summed E-state index contributed by atoms with van der Waals surface area (Å²) in [5, 5.41) is 21.3. The molecular weight excluding hydrogens is 600 g/mol. The molecule has 0 aliphatic heterocycles. The van der Waals surface area contributed by atoms with Gasteiger partial charge < -0.3 is 31.9 Å². The Kier molecular flexibility index (Phi) is 22.3. The summed E-state index contributed by atoms with van der Waals surface area (Å²) in [6.07, 6.45) is 4.68. The zero-order valence-corrected chi connectivity index (χ0v) is 30.6. The SMILES string of the molecule is CC(C)CNCCCNCCCNCc1ccc(-c2cccc(-c3ccc(CNCCCNCCCNCC(C)C)cc3)c2)cc1.Cl. The van der Waals surface area contributed by atoms with Gasteiger partial charge in [0, 0.05) is 13.1 Å². The lowest BCUT2D eigenvalue weighted by Crippen LogP contribution is -2.26. The topological polar surface area (TPSA) is 72.2 Å². The first-order chi connectivity index (χ1) is 22.5. The van der Waals surface area contributed by atoms with Gasteiger partial charge in [0.1, 0.15) is 0 Å². The predicted octanol–water partition coefficient (Wildman–Crippen LogP) is 6.85. The standard InChI is InChI=1S/C40H64N6.ClH/c1-33(2)29-43-24-6-20-41-22-8-26-45-31-35-12-16-37(17-13-35)39-10-5-11-40(28-39)38-18-14-36(15-19-38)32-46-27-9-23-42-21-7-25-44-30-34(3)4;/h5,10-19,28,33-34,41-46H,6-9,20-27,29-32H2,1-4H3;1H. The van der Waals surface area contributed by atoms with E-state index in [1.54, 1.807) is 0 Å². The van der Waals surface area contributed by atoms with Crippen molar-refractivity contribution in [3.05, 3.63) is 83.9 Å². The first-order valence-corrected chi connectivity index (χ1v) is 18.0. The first-order valence-electron chi connectivity index (χ1n) is 18.0. The molecule has 0 bridgehead atoms. The first kappa shape index (κ1) is 40.9. The van der Waals surface area contributed by atoms with E-state index in [-0.39, 0.29) is 12.4 Å². The van der Waals surface area contributed by atoms with Gasteiger partial charge in [-0.15, -0.1) is 12.4 Å². The molecule has 47 heavy (non-hydrogen) atoms. The fourth-order valence-electron chi connectivity index (χ4n) is 5.36. The normalized spacial score (nSPS) is 11.4. The Morgan fingerprint density at radius 3 is 1.11 bits per heavy atom. The summed E-state index contributed by atoms with van der Waals surface area (Å²) in [6.45, 7) is 21.6. The molecule has 0 saturated carbocycles. The van der Waals surface area contributed by atoms with E-state index in [1.807, 2.05) is 0 Å². The lowest BCUT2D eigenvalue weighted by Gasteiger charge is -2.10. The van der Waals surface area contributed by atoms with E-state index in [2.05, 4.69) is 132 Å². The molecule has 0 spiro atoms. The monoisotopic (exact) mass is 664 g/mol. The van der Waals surface area contributed by atoms with Crippen LogP contribution in [0.5, 0.6) is 0 Å². The minimum Gasteiger partial charge on any atom is -0.317 e. The summed E-state index contributed by atoms with van der Waals surface area (Å²) in [5.41, 5.74) is 7.69. The Morgan fingerprint density at radius 1 is 0.404 bits per heavy atom. The number of hydrogen-bond donors (Lipinski definition) is 6. The van der Waals surface area contributed by atoms with Crippen molar-refractivity contribution in [1.29, 1.82) is 0 Å². The summed E-state index contributed by atoms with van der Waals surface area (Å²) in [5.74, 6) is 1.45. The zero-order valence-electron chi connectivity index (χ0n) is 29.8. The van der Waals surface area contributed by atoms with Crippen molar-refractivity contribution < 1.29 is 0 Å². The molecule has 0 saturated heterocycles. The average molecular weight is 665 g/mol. The lowest BCUT2D eigenvalue weighted by atomic mass is 9.98. The van der Waals surface area contributed by atoms with Gasteiger partial charge in [-0.05, 0) is 142 Å². The highest BCUT2D eigenvalue weighted by Crippen LogP contribution is 2.27. The molecule has 0 amide bonds. The molecule has 0 aromatic heterocycles. The molecule has 3 rings (SSSR count). The van der Waals surface area contributed by atoms with Crippen LogP contribution in [0.15, 0.2) is 72.8 Å². The third-order valence-electron chi connectivity index (χ3n) is 8.03. The molecule has 0 atom stereocenters. The molecule has 7 heteroatoms. The number of halogens is 1. The molecule has 0 aliphatic carbocycles. The molecule has 0 aliphatic rings. The fraction of sp³-hybridized carbons (Fsp3) is 0.550. The van der Waals surface area contributed by atoms with E-state index < -0.39 is 0 Å². The van der Waals surface area contributed by atoms with Crippen molar-refractivity contribution in [2.75, 3.05) is 65.4 Å². The highest BCUT2D eigenvalue weighted by atomic mass is 35.5. The summed E-state index contributed by atoms with van der Waals surface area (Å²) in [7, 11) is 0. The summed E-state index contributed by atoms with van der Waals surface area (Å²) < 4.78 is 0. The van der Waals surface area contributed by atoms with Crippen LogP contribution >= 0.6 is 12.4 Å². The highest BCUT2D eigenvalue weighted by Gasteiger charge is 2.04. The van der Waals surface area contributed by atoms with Crippen molar-refractivity contribution in [3.8, 4) is 22.3 Å². The van der Waals surface area contributed by atoms with Gasteiger partial charge >= 0.3 is 0 Å². The van der Waals surface area contributed by atoms with E-state index in [0.29, 0.717) is 0 Å². The van der Waals surface area contributed by atoms with Crippen LogP contribution in [0, 0.1) is 11.8 Å². The molecule has 3 aromatic carbocycles. The Morgan fingerprint density at radius 2 is 0.745 bits per heavy atom. The van der Waals surface area contributed by atoms with Crippen LogP contribution in [0.25, 0.3) is 22.3 Å². The molecule has 262 valence electrons. The van der Waals surface area contributed by atoms with Crippen LogP contribution in [-0.2, 0) is 13.1 Å². The highest BCUT2D eigenvalue weighted by molar-refractivity contribution is 5.85. The second-order valence-electron chi connectivity index (χ2n) is 13.4. The third kappa shape index (κ3) is 18.7. The van der Waals surface area contributed by atoms with E-state index in [0.717, 1.165) is 103 Å². The van der Waals surface area contributed by atoms with E-state index in [4.69, 9.17) is 0 Å². The number of benzene rings is 3. The minimum absolute atomic E-state index is 0. The van der Waals surface area contributed by atoms with Gasteiger partial charge in [0.2, 0.25) is 0 Å². The van der Waals surface area contributed by atoms with Crippen molar-refractivity contribution in [2.24, 2.45) is 11.8 Å². The fourth-order valence-corrected chi connectivity index (χ4v) is 5.36. The Bertz CT molecular complexity index is 1080. The van der Waals surface area contributed by atoms with Crippen molar-refractivity contribution in [2.45, 2.75) is 66.5 Å². The maximum Gasteiger partial charge on any atom is 0.0205 e. The molecular formula is C40H65ClN6. The zero-order chi connectivity index (χ0) is 32.7. The van der Waals surface area contributed by atoms with Crippen molar-refractivity contribution in [1.82, 2.24) is 31.9 Å². The van der Waals surface area contributed by atoms with Crippen LogP contribution < -0.4 is 31.9 Å². The van der Waals surface area contributed by atoms with Crippen LogP contribution in [0.1, 0.15) is 64.5 Å². The minimum atomic E-state index is 0. The van der Waals surface area contributed by atoms with Crippen LogP contribution in [0.2, 0.25) is 0 Å². The quantitative estimate of drug-likeness (QED) is 0.0528. The number of nitrogens with one attached hydrogen (secondary N) is 6. The predicted molar refractivity (Wildman–Crippen MR) is 208 cm³/mol. The summed E-state index contributed by atoms with van der Waals surface area (Å²) in [6, 6.07) is 26.9. The Balaban J connectivity index is 0.00000768. The third-order valence-corrected chi connectivity index (χ3v) is 8.03. The summed E-state index contributed by atoms with van der Waals surface area (Å²) in [4.78, 5) is 0. The molecule has 0 unspecified atom stereocenters. The van der Waals surface area contributed by atoms with Gasteiger partial charge in [0.05, 0.1) is 0 Å².